The normalized spacial score (nSPS) is 25.2. The lowest BCUT2D eigenvalue weighted by Crippen LogP contribution is -2.44. The lowest BCUT2D eigenvalue weighted by molar-refractivity contribution is -0.159. The summed E-state index contributed by atoms with van der Waals surface area (Å²) in [5.74, 6) is -1.41. The molecule has 0 radical (unpaired) electrons. The molecule has 2 fully saturated rings. The number of likely N-dealkylation sites (tertiary alicyclic amines) is 1. The average Bonchev–Trinajstić information content (AvgIpc) is 2.84. The van der Waals surface area contributed by atoms with Crippen LogP contribution in [-0.2, 0) is 25.7 Å². The number of hydrogen-bond acceptors (Lipinski definition) is 4. The van der Waals surface area contributed by atoms with E-state index in [2.05, 4.69) is 0 Å². The molecule has 122 valence electrons. The van der Waals surface area contributed by atoms with Gasteiger partial charge < -0.3 is 4.74 Å². The summed E-state index contributed by atoms with van der Waals surface area (Å²) in [6, 6.07) is 8.48. The van der Waals surface area contributed by atoms with Crippen LogP contribution in [-0.4, -0.2) is 28.7 Å². The molecular weight excluding hydrogens is 294 g/mol. The van der Waals surface area contributed by atoms with Crippen LogP contribution in [0.1, 0.15) is 38.2 Å². The first-order valence-electron chi connectivity index (χ1n) is 8.17. The predicted octanol–water partition coefficient (Wildman–Crippen LogP) is 2.29. The van der Waals surface area contributed by atoms with Crippen LogP contribution in [0.4, 0.5) is 0 Å². The minimum absolute atomic E-state index is 0.146. The Morgan fingerprint density at radius 2 is 1.70 bits per heavy atom. The first kappa shape index (κ1) is 15.7. The highest BCUT2D eigenvalue weighted by Gasteiger charge is 2.51. The first-order valence-corrected chi connectivity index (χ1v) is 8.17. The van der Waals surface area contributed by atoms with Crippen molar-refractivity contribution in [1.29, 1.82) is 0 Å². The van der Waals surface area contributed by atoms with Gasteiger partial charge in [0.2, 0.25) is 11.8 Å². The maximum atomic E-state index is 12.5. The van der Waals surface area contributed by atoms with Crippen molar-refractivity contribution in [3.8, 4) is 0 Å². The van der Waals surface area contributed by atoms with Gasteiger partial charge in [0, 0.05) is 0 Å². The van der Waals surface area contributed by atoms with Crippen LogP contribution in [0.5, 0.6) is 0 Å². The lowest BCUT2D eigenvalue weighted by atomic mass is 9.81. The molecule has 1 heterocycles. The zero-order valence-corrected chi connectivity index (χ0v) is 13.2. The van der Waals surface area contributed by atoms with Crippen LogP contribution in [0.15, 0.2) is 30.3 Å². The summed E-state index contributed by atoms with van der Waals surface area (Å²) in [6.45, 7) is 1.72. The fraction of sp³-hybridized carbons (Fsp3) is 0.500. The second kappa shape index (κ2) is 6.52. The van der Waals surface area contributed by atoms with Gasteiger partial charge >= 0.3 is 5.97 Å². The number of imide groups is 1. The Balaban J connectivity index is 1.65. The summed E-state index contributed by atoms with van der Waals surface area (Å²) < 4.78 is 5.27. The summed E-state index contributed by atoms with van der Waals surface area (Å²) in [5, 5.41) is 0. The predicted molar refractivity (Wildman–Crippen MR) is 83.0 cm³/mol. The Hall–Kier alpha value is -2.17. The number of fused-ring (bicyclic) bond motifs is 1. The average molecular weight is 315 g/mol. The van der Waals surface area contributed by atoms with Gasteiger partial charge in [-0.15, -0.1) is 0 Å². The van der Waals surface area contributed by atoms with Gasteiger partial charge in [-0.3, -0.25) is 14.5 Å². The number of amides is 2. The Morgan fingerprint density at radius 3 is 2.26 bits per heavy atom. The highest BCUT2D eigenvalue weighted by atomic mass is 16.5. The SMILES string of the molecule is C[C@@H](C(=O)OCc1ccccc1)N1C(=O)C2CCCCC2C1=O. The Kier molecular flexibility index (Phi) is 4.46. The number of esters is 1. The summed E-state index contributed by atoms with van der Waals surface area (Å²) in [5.41, 5.74) is 0.876. The van der Waals surface area contributed by atoms with Crippen LogP contribution in [0.2, 0.25) is 0 Å². The molecule has 0 bridgehead atoms. The standard InChI is InChI=1S/C18H21NO4/c1-12(18(22)23-11-13-7-3-2-4-8-13)19-16(20)14-9-5-6-10-15(14)17(19)21/h2-4,7-8,12,14-15H,5-6,9-11H2,1H3/t12-,14?,15?/m0/s1. The van der Waals surface area contributed by atoms with E-state index in [1.54, 1.807) is 6.92 Å². The molecule has 23 heavy (non-hydrogen) atoms. The van der Waals surface area contributed by atoms with Gasteiger partial charge in [0.1, 0.15) is 12.6 Å². The molecule has 0 aromatic heterocycles. The molecule has 1 aromatic rings. The van der Waals surface area contributed by atoms with Crippen molar-refractivity contribution in [2.24, 2.45) is 11.8 Å². The monoisotopic (exact) mass is 315 g/mol. The third-order valence-corrected chi connectivity index (χ3v) is 4.83. The number of carbonyl (C=O) groups excluding carboxylic acids is 3. The van der Waals surface area contributed by atoms with Crippen LogP contribution >= 0.6 is 0 Å². The van der Waals surface area contributed by atoms with Crippen LogP contribution in [0, 0.1) is 11.8 Å². The van der Waals surface area contributed by atoms with Crippen LogP contribution in [0.3, 0.4) is 0 Å². The molecule has 5 heteroatoms. The van der Waals surface area contributed by atoms with Gasteiger partial charge in [0.15, 0.2) is 0 Å². The van der Waals surface area contributed by atoms with E-state index >= 15 is 0 Å². The minimum Gasteiger partial charge on any atom is -0.459 e. The fourth-order valence-corrected chi connectivity index (χ4v) is 3.52. The number of benzene rings is 1. The molecule has 0 spiro atoms. The van der Waals surface area contributed by atoms with E-state index in [0.717, 1.165) is 36.1 Å². The molecule has 5 nitrogen and oxygen atoms in total. The number of rotatable bonds is 4. The maximum Gasteiger partial charge on any atom is 0.329 e. The molecule has 1 saturated heterocycles. The molecule has 2 aliphatic rings. The molecule has 2 amide bonds. The Morgan fingerprint density at radius 1 is 1.13 bits per heavy atom. The first-order chi connectivity index (χ1) is 11.1. The smallest absolute Gasteiger partial charge is 0.329 e. The summed E-state index contributed by atoms with van der Waals surface area (Å²) in [4.78, 5) is 38.3. The van der Waals surface area contributed by atoms with E-state index in [4.69, 9.17) is 4.74 Å². The van der Waals surface area contributed by atoms with Crippen LogP contribution in [0.25, 0.3) is 0 Å². The van der Waals surface area contributed by atoms with Gasteiger partial charge in [0.05, 0.1) is 11.8 Å². The largest absolute Gasteiger partial charge is 0.459 e. The second-order valence-corrected chi connectivity index (χ2v) is 6.31. The Bertz CT molecular complexity index is 589. The van der Waals surface area contributed by atoms with Gasteiger partial charge in [-0.05, 0) is 25.3 Å². The molecule has 0 N–H and O–H groups in total. The maximum absolute atomic E-state index is 12.5. The van der Waals surface area contributed by atoms with Crippen molar-refractivity contribution in [2.75, 3.05) is 0 Å². The highest BCUT2D eigenvalue weighted by Crippen LogP contribution is 2.38. The fourth-order valence-electron chi connectivity index (χ4n) is 3.52. The summed E-state index contributed by atoms with van der Waals surface area (Å²) in [7, 11) is 0. The molecule has 1 saturated carbocycles. The van der Waals surface area contributed by atoms with Crippen LogP contribution < -0.4 is 0 Å². The van der Waals surface area contributed by atoms with Crippen molar-refractivity contribution < 1.29 is 19.1 Å². The topological polar surface area (TPSA) is 63.7 Å². The number of carbonyl (C=O) groups is 3. The summed E-state index contributed by atoms with van der Waals surface area (Å²) >= 11 is 0. The number of nitrogens with zero attached hydrogens (tertiary/aromatic N) is 1. The van der Waals surface area contributed by atoms with Gasteiger partial charge in [-0.2, -0.15) is 0 Å². The quantitative estimate of drug-likeness (QED) is 0.632. The van der Waals surface area contributed by atoms with Gasteiger partial charge in [-0.25, -0.2) is 4.79 Å². The third kappa shape index (κ3) is 3.00. The van der Waals surface area contributed by atoms with Crippen molar-refractivity contribution >= 4 is 17.8 Å². The lowest BCUT2D eigenvalue weighted by Gasteiger charge is -2.21. The molecule has 3 rings (SSSR count). The van der Waals surface area contributed by atoms with E-state index in [0.29, 0.717) is 0 Å². The van der Waals surface area contributed by atoms with Crippen molar-refractivity contribution in [2.45, 2.75) is 45.3 Å². The molecule has 1 aliphatic carbocycles. The molecule has 2 unspecified atom stereocenters. The van der Waals surface area contributed by atoms with E-state index in [9.17, 15) is 14.4 Å². The second-order valence-electron chi connectivity index (χ2n) is 6.31. The van der Waals surface area contributed by atoms with E-state index in [1.807, 2.05) is 30.3 Å². The number of ether oxygens (including phenoxy) is 1. The zero-order chi connectivity index (χ0) is 16.4. The minimum atomic E-state index is -0.857. The third-order valence-electron chi connectivity index (χ3n) is 4.83. The van der Waals surface area contributed by atoms with Crippen molar-refractivity contribution in [1.82, 2.24) is 4.90 Å². The Labute approximate surface area is 135 Å². The van der Waals surface area contributed by atoms with Crippen molar-refractivity contribution in [3.05, 3.63) is 35.9 Å². The van der Waals surface area contributed by atoms with Gasteiger partial charge in [0.25, 0.3) is 0 Å². The molecular formula is C18H21NO4. The molecule has 1 aromatic carbocycles. The van der Waals surface area contributed by atoms with E-state index in [-0.39, 0.29) is 30.3 Å². The zero-order valence-electron chi connectivity index (χ0n) is 13.2. The molecule has 1 aliphatic heterocycles. The van der Waals surface area contributed by atoms with Crippen molar-refractivity contribution in [3.63, 3.8) is 0 Å². The summed E-state index contributed by atoms with van der Waals surface area (Å²) in [6.07, 6.45) is 3.44. The van der Waals surface area contributed by atoms with Gasteiger partial charge in [-0.1, -0.05) is 43.2 Å². The van der Waals surface area contributed by atoms with E-state index < -0.39 is 12.0 Å². The van der Waals surface area contributed by atoms with E-state index in [1.165, 1.54) is 0 Å². The highest BCUT2D eigenvalue weighted by molar-refractivity contribution is 6.07. The number of hydrogen-bond donors (Lipinski definition) is 0. The molecule has 3 atom stereocenters.